The summed E-state index contributed by atoms with van der Waals surface area (Å²) in [6.07, 6.45) is 4.75. The van der Waals surface area contributed by atoms with Crippen LogP contribution < -0.4 is 0 Å². The highest BCUT2D eigenvalue weighted by Crippen LogP contribution is 2.40. The SMILES string of the molecule is O=C(O)c1cc(C2CC2)ccc1Cc1ccc(-c2ccccc2)nc1. The molecule has 0 unspecified atom stereocenters. The first kappa shape index (κ1) is 15.6. The molecular formula is C22H19NO2. The van der Waals surface area contributed by atoms with Crippen LogP contribution >= 0.6 is 0 Å². The Kier molecular flexibility index (Phi) is 4.06. The van der Waals surface area contributed by atoms with Crippen molar-refractivity contribution in [3.63, 3.8) is 0 Å². The van der Waals surface area contributed by atoms with E-state index < -0.39 is 5.97 Å². The van der Waals surface area contributed by atoms with E-state index in [9.17, 15) is 9.90 Å². The summed E-state index contributed by atoms with van der Waals surface area (Å²) in [6, 6.07) is 19.9. The molecule has 3 heteroatoms. The van der Waals surface area contributed by atoms with Crippen LogP contribution in [-0.4, -0.2) is 16.1 Å². The second-order valence-electron chi connectivity index (χ2n) is 6.59. The highest BCUT2D eigenvalue weighted by Gasteiger charge is 2.25. The molecular weight excluding hydrogens is 310 g/mol. The molecule has 0 amide bonds. The van der Waals surface area contributed by atoms with Gasteiger partial charge in [0, 0.05) is 11.8 Å². The fraction of sp³-hybridized carbons (Fsp3) is 0.182. The van der Waals surface area contributed by atoms with Gasteiger partial charge in [-0.1, -0.05) is 48.5 Å². The molecule has 0 saturated heterocycles. The molecule has 25 heavy (non-hydrogen) atoms. The van der Waals surface area contributed by atoms with Crippen molar-refractivity contribution in [1.29, 1.82) is 0 Å². The van der Waals surface area contributed by atoms with Gasteiger partial charge < -0.3 is 5.11 Å². The number of aromatic carboxylic acids is 1. The second-order valence-corrected chi connectivity index (χ2v) is 6.59. The summed E-state index contributed by atoms with van der Waals surface area (Å²) in [5.74, 6) is -0.301. The minimum absolute atomic E-state index is 0.413. The molecule has 1 heterocycles. The van der Waals surface area contributed by atoms with E-state index in [2.05, 4.69) is 11.1 Å². The van der Waals surface area contributed by atoms with Gasteiger partial charge in [0.1, 0.15) is 0 Å². The lowest BCUT2D eigenvalue weighted by Crippen LogP contribution is -2.04. The summed E-state index contributed by atoms with van der Waals surface area (Å²) in [7, 11) is 0. The summed E-state index contributed by atoms with van der Waals surface area (Å²) >= 11 is 0. The van der Waals surface area contributed by atoms with Gasteiger partial charge in [0.05, 0.1) is 11.3 Å². The molecule has 1 aliphatic carbocycles. The number of rotatable bonds is 5. The van der Waals surface area contributed by atoms with Gasteiger partial charge in [0.15, 0.2) is 0 Å². The molecule has 2 aromatic carbocycles. The summed E-state index contributed by atoms with van der Waals surface area (Å²) in [5, 5.41) is 9.55. The topological polar surface area (TPSA) is 50.2 Å². The van der Waals surface area contributed by atoms with E-state index >= 15 is 0 Å². The van der Waals surface area contributed by atoms with Crippen molar-refractivity contribution in [3.8, 4) is 11.3 Å². The maximum atomic E-state index is 11.6. The van der Waals surface area contributed by atoms with Gasteiger partial charge in [0.25, 0.3) is 0 Å². The minimum atomic E-state index is -0.855. The molecule has 1 saturated carbocycles. The number of carboxylic acid groups (broad SMARTS) is 1. The van der Waals surface area contributed by atoms with Crippen molar-refractivity contribution in [1.82, 2.24) is 4.98 Å². The van der Waals surface area contributed by atoms with E-state index in [0.29, 0.717) is 17.9 Å². The average molecular weight is 329 g/mol. The maximum Gasteiger partial charge on any atom is 0.335 e. The zero-order chi connectivity index (χ0) is 17.2. The summed E-state index contributed by atoms with van der Waals surface area (Å²) in [4.78, 5) is 16.2. The van der Waals surface area contributed by atoms with Crippen molar-refractivity contribution in [3.05, 3.63) is 89.1 Å². The number of benzene rings is 2. The molecule has 1 fully saturated rings. The fourth-order valence-corrected chi connectivity index (χ4v) is 3.15. The monoisotopic (exact) mass is 329 g/mol. The van der Waals surface area contributed by atoms with Gasteiger partial charge in [-0.05, 0) is 54.0 Å². The first-order valence-electron chi connectivity index (χ1n) is 8.57. The molecule has 3 nitrogen and oxygen atoms in total. The predicted octanol–water partition coefficient (Wildman–Crippen LogP) is 4.92. The summed E-state index contributed by atoms with van der Waals surface area (Å²) in [5.41, 5.74) is 5.42. The lowest BCUT2D eigenvalue weighted by atomic mass is 9.96. The number of aromatic nitrogens is 1. The van der Waals surface area contributed by atoms with E-state index in [-0.39, 0.29) is 0 Å². The van der Waals surface area contributed by atoms with Crippen LogP contribution in [0.4, 0.5) is 0 Å². The van der Waals surface area contributed by atoms with Gasteiger partial charge in [-0.25, -0.2) is 4.79 Å². The van der Waals surface area contributed by atoms with Crippen molar-refractivity contribution in [2.45, 2.75) is 25.2 Å². The third-order valence-electron chi connectivity index (χ3n) is 4.70. The molecule has 0 atom stereocenters. The molecule has 3 aromatic rings. The quantitative estimate of drug-likeness (QED) is 0.723. The number of carboxylic acids is 1. The van der Waals surface area contributed by atoms with Gasteiger partial charge in [-0.2, -0.15) is 0 Å². The largest absolute Gasteiger partial charge is 0.478 e. The Bertz CT molecular complexity index is 897. The molecule has 0 aliphatic heterocycles. The summed E-state index contributed by atoms with van der Waals surface area (Å²) < 4.78 is 0. The average Bonchev–Trinajstić information content (AvgIpc) is 3.48. The number of pyridine rings is 1. The van der Waals surface area contributed by atoms with E-state index in [1.165, 1.54) is 12.8 Å². The number of hydrogen-bond donors (Lipinski definition) is 1. The lowest BCUT2D eigenvalue weighted by Gasteiger charge is -2.09. The third kappa shape index (κ3) is 3.45. The molecule has 124 valence electrons. The highest BCUT2D eigenvalue weighted by atomic mass is 16.4. The van der Waals surface area contributed by atoms with E-state index in [4.69, 9.17) is 0 Å². The second kappa shape index (κ2) is 6.52. The lowest BCUT2D eigenvalue weighted by molar-refractivity contribution is 0.0695. The molecule has 1 aliphatic rings. The smallest absolute Gasteiger partial charge is 0.335 e. The van der Waals surface area contributed by atoms with Crippen LogP contribution in [0, 0.1) is 0 Å². The van der Waals surface area contributed by atoms with E-state index in [1.54, 1.807) is 0 Å². The molecule has 1 aromatic heterocycles. The molecule has 1 N–H and O–H groups in total. The Morgan fingerprint density at radius 2 is 1.84 bits per heavy atom. The standard InChI is InChI=1S/C22H19NO2/c24-22(25)20-13-18(16-7-8-16)9-10-19(20)12-15-6-11-21(23-14-15)17-4-2-1-3-5-17/h1-6,9-11,13-14,16H,7-8,12H2,(H,24,25). The maximum absolute atomic E-state index is 11.6. The Labute approximate surface area is 147 Å². The molecule has 4 rings (SSSR count). The van der Waals surface area contributed by atoms with Gasteiger partial charge in [-0.3, -0.25) is 4.98 Å². The van der Waals surface area contributed by atoms with Gasteiger partial charge in [0.2, 0.25) is 0 Å². The van der Waals surface area contributed by atoms with E-state index in [1.807, 2.05) is 60.8 Å². The Hall–Kier alpha value is -2.94. The predicted molar refractivity (Wildman–Crippen MR) is 97.9 cm³/mol. The van der Waals surface area contributed by atoms with Crippen LogP contribution in [0.1, 0.15) is 45.8 Å². The first-order valence-corrected chi connectivity index (χ1v) is 8.57. The van der Waals surface area contributed by atoms with E-state index in [0.717, 1.165) is 27.9 Å². The Morgan fingerprint density at radius 3 is 2.48 bits per heavy atom. The number of hydrogen-bond acceptors (Lipinski definition) is 2. The van der Waals surface area contributed by atoms with Crippen LogP contribution in [0.5, 0.6) is 0 Å². The van der Waals surface area contributed by atoms with Crippen LogP contribution in [0.25, 0.3) is 11.3 Å². The minimum Gasteiger partial charge on any atom is -0.478 e. The van der Waals surface area contributed by atoms with Crippen molar-refractivity contribution < 1.29 is 9.90 Å². The zero-order valence-electron chi connectivity index (χ0n) is 13.9. The normalized spacial score (nSPS) is 13.6. The molecule has 0 radical (unpaired) electrons. The summed E-state index contributed by atoms with van der Waals surface area (Å²) in [6.45, 7) is 0. The highest BCUT2D eigenvalue weighted by molar-refractivity contribution is 5.89. The van der Waals surface area contributed by atoms with Crippen molar-refractivity contribution >= 4 is 5.97 Å². The third-order valence-corrected chi connectivity index (χ3v) is 4.70. The number of nitrogens with zero attached hydrogens (tertiary/aromatic N) is 1. The molecule has 0 bridgehead atoms. The fourth-order valence-electron chi connectivity index (χ4n) is 3.15. The zero-order valence-corrected chi connectivity index (χ0v) is 13.9. The van der Waals surface area contributed by atoms with Crippen molar-refractivity contribution in [2.24, 2.45) is 0 Å². The van der Waals surface area contributed by atoms with Gasteiger partial charge in [-0.15, -0.1) is 0 Å². The first-order chi connectivity index (χ1) is 12.2. The van der Waals surface area contributed by atoms with Crippen molar-refractivity contribution in [2.75, 3.05) is 0 Å². The van der Waals surface area contributed by atoms with Crippen LogP contribution in [0.15, 0.2) is 66.9 Å². The number of carbonyl (C=O) groups is 1. The van der Waals surface area contributed by atoms with Crippen LogP contribution in [-0.2, 0) is 6.42 Å². The van der Waals surface area contributed by atoms with Crippen LogP contribution in [0.2, 0.25) is 0 Å². The van der Waals surface area contributed by atoms with Gasteiger partial charge >= 0.3 is 5.97 Å². The Balaban J connectivity index is 1.58. The molecule has 0 spiro atoms. The van der Waals surface area contributed by atoms with Crippen LogP contribution in [0.3, 0.4) is 0 Å². The Morgan fingerprint density at radius 1 is 1.04 bits per heavy atom.